The molecule has 2 rings (SSSR count). The summed E-state index contributed by atoms with van der Waals surface area (Å²) < 4.78 is 5.19. The quantitative estimate of drug-likeness (QED) is 0.503. The topological polar surface area (TPSA) is 99.8 Å². The summed E-state index contributed by atoms with van der Waals surface area (Å²) in [5.41, 5.74) is 0.916. The van der Waals surface area contributed by atoms with Crippen molar-refractivity contribution in [1.29, 1.82) is 0 Å². The number of likely N-dealkylation sites (N-methyl/N-ethyl adjacent to an activating group) is 1. The molecule has 3 N–H and O–H groups in total. The predicted molar refractivity (Wildman–Crippen MR) is 115 cm³/mol. The van der Waals surface area contributed by atoms with Crippen molar-refractivity contribution in [1.82, 2.24) is 20.9 Å². The molecule has 0 radical (unpaired) electrons. The summed E-state index contributed by atoms with van der Waals surface area (Å²) in [4.78, 5) is 39.0. The van der Waals surface area contributed by atoms with Crippen LogP contribution in [0.1, 0.15) is 45.1 Å². The maximum Gasteiger partial charge on any atom is 0.407 e. The Morgan fingerprint density at radius 3 is 2.60 bits per heavy atom. The molecular formula is C22H34N4O4. The lowest BCUT2D eigenvalue weighted by Gasteiger charge is -2.28. The number of rotatable bonds is 10. The van der Waals surface area contributed by atoms with Crippen molar-refractivity contribution >= 4 is 17.9 Å². The smallest absolute Gasteiger partial charge is 0.407 e. The molecule has 3 atom stereocenters. The molecule has 0 aliphatic carbocycles. The summed E-state index contributed by atoms with van der Waals surface area (Å²) in [5.74, 6) is -0.263. The van der Waals surface area contributed by atoms with Gasteiger partial charge in [-0.2, -0.15) is 0 Å². The number of ether oxygens (including phenoxy) is 1. The van der Waals surface area contributed by atoms with Gasteiger partial charge in [-0.25, -0.2) is 4.79 Å². The Morgan fingerprint density at radius 1 is 1.23 bits per heavy atom. The van der Waals surface area contributed by atoms with E-state index < -0.39 is 12.1 Å². The summed E-state index contributed by atoms with van der Waals surface area (Å²) in [6, 6.07) is 8.65. The van der Waals surface area contributed by atoms with E-state index in [1.54, 1.807) is 14.0 Å². The molecule has 0 unspecified atom stereocenters. The molecule has 3 amide bonds. The Kier molecular flexibility index (Phi) is 9.60. The van der Waals surface area contributed by atoms with Crippen LogP contribution in [0.4, 0.5) is 4.79 Å². The third-order valence-electron chi connectivity index (χ3n) is 5.43. The molecule has 0 saturated carbocycles. The van der Waals surface area contributed by atoms with E-state index in [-0.39, 0.29) is 30.5 Å². The van der Waals surface area contributed by atoms with Crippen LogP contribution in [0.5, 0.6) is 0 Å². The molecule has 1 aliphatic heterocycles. The normalized spacial score (nSPS) is 17.8. The van der Waals surface area contributed by atoms with Crippen LogP contribution in [0.15, 0.2) is 30.3 Å². The maximum absolute atomic E-state index is 13.0. The number of amides is 3. The van der Waals surface area contributed by atoms with E-state index in [2.05, 4.69) is 16.0 Å². The second-order valence-electron chi connectivity index (χ2n) is 7.73. The van der Waals surface area contributed by atoms with E-state index in [0.29, 0.717) is 19.4 Å². The fourth-order valence-corrected chi connectivity index (χ4v) is 3.42. The van der Waals surface area contributed by atoms with Crippen LogP contribution in [-0.4, -0.2) is 61.1 Å². The summed E-state index contributed by atoms with van der Waals surface area (Å²) in [7, 11) is 1.70. The van der Waals surface area contributed by atoms with Gasteiger partial charge in [0.1, 0.15) is 12.6 Å². The van der Waals surface area contributed by atoms with Crippen LogP contribution in [0.3, 0.4) is 0 Å². The molecule has 30 heavy (non-hydrogen) atoms. The molecular weight excluding hydrogens is 384 g/mol. The molecule has 0 spiro atoms. The van der Waals surface area contributed by atoms with E-state index in [9.17, 15) is 14.4 Å². The average molecular weight is 419 g/mol. The molecule has 0 aromatic heterocycles. The third kappa shape index (κ3) is 7.33. The van der Waals surface area contributed by atoms with Crippen molar-refractivity contribution in [3.05, 3.63) is 35.9 Å². The lowest BCUT2D eigenvalue weighted by Crippen LogP contribution is -2.53. The number of benzene rings is 1. The second-order valence-corrected chi connectivity index (χ2v) is 7.73. The molecule has 8 heteroatoms. The standard InChI is InChI=1S/C22H34N4O4/c1-16-9-8-14-26(16)21(28)19(25-20(27)17(2)23-3)12-7-13-24-22(29)30-15-18-10-5-4-6-11-18/h4-6,10-11,16-17,19,23H,7-9,12-15H2,1-3H3,(H,24,29)(H,25,27)/t16-,17+,19+/m1/s1. The van der Waals surface area contributed by atoms with Gasteiger partial charge in [-0.3, -0.25) is 9.59 Å². The number of nitrogens with one attached hydrogen (secondary N) is 3. The highest BCUT2D eigenvalue weighted by Gasteiger charge is 2.32. The van der Waals surface area contributed by atoms with E-state index >= 15 is 0 Å². The van der Waals surface area contributed by atoms with Crippen LogP contribution in [-0.2, 0) is 20.9 Å². The van der Waals surface area contributed by atoms with Gasteiger partial charge < -0.3 is 25.6 Å². The van der Waals surface area contributed by atoms with E-state index in [0.717, 1.165) is 24.9 Å². The zero-order chi connectivity index (χ0) is 21.9. The van der Waals surface area contributed by atoms with E-state index in [1.807, 2.05) is 42.2 Å². The van der Waals surface area contributed by atoms with Crippen LogP contribution in [0.25, 0.3) is 0 Å². The predicted octanol–water partition coefficient (Wildman–Crippen LogP) is 1.80. The number of carbonyl (C=O) groups is 3. The van der Waals surface area contributed by atoms with Crippen LogP contribution < -0.4 is 16.0 Å². The number of carbonyl (C=O) groups excluding carboxylic acids is 3. The Labute approximate surface area is 178 Å². The molecule has 166 valence electrons. The van der Waals surface area contributed by atoms with Gasteiger partial charge in [0.15, 0.2) is 0 Å². The van der Waals surface area contributed by atoms with Gasteiger partial charge in [0.25, 0.3) is 0 Å². The Hall–Kier alpha value is -2.61. The highest BCUT2D eigenvalue weighted by Crippen LogP contribution is 2.18. The average Bonchev–Trinajstić information content (AvgIpc) is 3.19. The third-order valence-corrected chi connectivity index (χ3v) is 5.43. The van der Waals surface area contributed by atoms with Crippen molar-refractivity contribution in [2.24, 2.45) is 0 Å². The summed E-state index contributed by atoms with van der Waals surface area (Å²) in [6.45, 7) is 5.07. The molecule has 0 bridgehead atoms. The van der Waals surface area contributed by atoms with Gasteiger partial charge in [0.05, 0.1) is 6.04 Å². The molecule has 1 aromatic carbocycles. The first-order valence-electron chi connectivity index (χ1n) is 10.6. The molecule has 1 aliphatic rings. The summed E-state index contributed by atoms with van der Waals surface area (Å²) >= 11 is 0. The molecule has 1 saturated heterocycles. The first-order chi connectivity index (χ1) is 14.4. The fourth-order valence-electron chi connectivity index (χ4n) is 3.42. The number of alkyl carbamates (subject to hydrolysis) is 1. The zero-order valence-corrected chi connectivity index (χ0v) is 18.1. The minimum atomic E-state index is -0.601. The molecule has 1 aromatic rings. The lowest BCUT2D eigenvalue weighted by molar-refractivity contribution is -0.137. The van der Waals surface area contributed by atoms with Gasteiger partial charge in [0.2, 0.25) is 11.8 Å². The van der Waals surface area contributed by atoms with Gasteiger partial charge in [-0.1, -0.05) is 30.3 Å². The molecule has 1 heterocycles. The monoisotopic (exact) mass is 418 g/mol. The summed E-state index contributed by atoms with van der Waals surface area (Å²) in [5, 5.41) is 8.45. The SMILES string of the molecule is CN[C@@H](C)C(=O)N[C@@H](CCCNC(=O)OCc1ccccc1)C(=O)N1CCC[C@H]1C. The Bertz CT molecular complexity index is 698. The van der Waals surface area contributed by atoms with Crippen molar-refractivity contribution in [3.63, 3.8) is 0 Å². The van der Waals surface area contributed by atoms with Gasteiger partial charge in [-0.05, 0) is 52.1 Å². The fraction of sp³-hybridized carbons (Fsp3) is 0.591. The van der Waals surface area contributed by atoms with Crippen LogP contribution in [0, 0.1) is 0 Å². The number of hydrogen-bond donors (Lipinski definition) is 3. The van der Waals surface area contributed by atoms with E-state index in [4.69, 9.17) is 4.74 Å². The Morgan fingerprint density at radius 2 is 1.97 bits per heavy atom. The number of hydrogen-bond acceptors (Lipinski definition) is 5. The highest BCUT2D eigenvalue weighted by molar-refractivity contribution is 5.89. The molecule has 8 nitrogen and oxygen atoms in total. The van der Waals surface area contributed by atoms with Crippen molar-refractivity contribution in [2.45, 2.75) is 64.3 Å². The van der Waals surface area contributed by atoms with Crippen LogP contribution >= 0.6 is 0 Å². The van der Waals surface area contributed by atoms with Crippen molar-refractivity contribution in [3.8, 4) is 0 Å². The maximum atomic E-state index is 13.0. The first-order valence-corrected chi connectivity index (χ1v) is 10.6. The van der Waals surface area contributed by atoms with Crippen LogP contribution in [0.2, 0.25) is 0 Å². The number of nitrogens with zero attached hydrogens (tertiary/aromatic N) is 1. The first kappa shape index (κ1) is 23.7. The van der Waals surface area contributed by atoms with Gasteiger partial charge in [0, 0.05) is 19.1 Å². The Balaban J connectivity index is 1.80. The minimum absolute atomic E-state index is 0.0525. The lowest BCUT2D eigenvalue weighted by atomic mass is 10.1. The minimum Gasteiger partial charge on any atom is -0.445 e. The number of likely N-dealkylation sites (tertiary alicyclic amines) is 1. The largest absolute Gasteiger partial charge is 0.445 e. The highest BCUT2D eigenvalue weighted by atomic mass is 16.5. The zero-order valence-electron chi connectivity index (χ0n) is 18.1. The van der Waals surface area contributed by atoms with Crippen molar-refractivity contribution < 1.29 is 19.1 Å². The van der Waals surface area contributed by atoms with Gasteiger partial charge >= 0.3 is 6.09 Å². The second kappa shape index (κ2) is 12.2. The van der Waals surface area contributed by atoms with Gasteiger partial charge in [-0.15, -0.1) is 0 Å². The molecule has 1 fully saturated rings. The summed E-state index contributed by atoms with van der Waals surface area (Å²) in [6.07, 6.45) is 2.46. The van der Waals surface area contributed by atoms with Crippen molar-refractivity contribution in [2.75, 3.05) is 20.1 Å². The van der Waals surface area contributed by atoms with E-state index in [1.165, 1.54) is 0 Å².